The molecule has 72 valence electrons. The standard InChI is InChI=1S/C9H21N3/c10-6-1-3-9(5-8-12)4-2-7-11/h3H,1-2,4-8,10-12H2/b9-3-. The monoisotopic (exact) mass is 171 g/mol. The van der Waals surface area contributed by atoms with E-state index in [0.717, 1.165) is 45.3 Å². The Kier molecular flexibility index (Phi) is 8.44. The highest BCUT2D eigenvalue weighted by Gasteiger charge is 1.94. The highest BCUT2D eigenvalue weighted by atomic mass is 14.5. The molecule has 0 spiro atoms. The number of rotatable bonds is 7. The fourth-order valence-electron chi connectivity index (χ4n) is 1.13. The first-order valence-electron chi connectivity index (χ1n) is 4.63. The van der Waals surface area contributed by atoms with Gasteiger partial charge in [0.1, 0.15) is 0 Å². The smallest absolute Gasteiger partial charge is 0.00399 e. The summed E-state index contributed by atoms with van der Waals surface area (Å²) in [6, 6.07) is 0. The van der Waals surface area contributed by atoms with Crippen LogP contribution < -0.4 is 17.2 Å². The zero-order chi connectivity index (χ0) is 9.23. The first-order valence-corrected chi connectivity index (χ1v) is 4.63. The molecular formula is C9H21N3. The second-order valence-corrected chi connectivity index (χ2v) is 2.87. The molecule has 0 radical (unpaired) electrons. The summed E-state index contributed by atoms with van der Waals surface area (Å²) >= 11 is 0. The predicted molar refractivity (Wildman–Crippen MR) is 53.7 cm³/mol. The molecule has 0 rings (SSSR count). The summed E-state index contributed by atoms with van der Waals surface area (Å²) in [6.45, 7) is 2.20. The van der Waals surface area contributed by atoms with Gasteiger partial charge in [0.15, 0.2) is 0 Å². The Morgan fingerprint density at radius 3 is 2.17 bits per heavy atom. The summed E-state index contributed by atoms with van der Waals surface area (Å²) < 4.78 is 0. The van der Waals surface area contributed by atoms with Crippen LogP contribution in [0.5, 0.6) is 0 Å². The largest absolute Gasteiger partial charge is 0.330 e. The molecule has 12 heavy (non-hydrogen) atoms. The van der Waals surface area contributed by atoms with Gasteiger partial charge in [-0.3, -0.25) is 0 Å². The average Bonchev–Trinajstić information content (AvgIpc) is 2.10. The summed E-state index contributed by atoms with van der Waals surface area (Å²) in [5.74, 6) is 0. The third-order valence-corrected chi connectivity index (χ3v) is 1.77. The van der Waals surface area contributed by atoms with Crippen molar-refractivity contribution in [3.05, 3.63) is 11.6 Å². The van der Waals surface area contributed by atoms with Crippen molar-refractivity contribution in [2.45, 2.75) is 25.7 Å². The van der Waals surface area contributed by atoms with Gasteiger partial charge in [-0.25, -0.2) is 0 Å². The molecule has 0 bridgehead atoms. The van der Waals surface area contributed by atoms with Gasteiger partial charge in [0, 0.05) is 0 Å². The van der Waals surface area contributed by atoms with Crippen LogP contribution in [0, 0.1) is 0 Å². The fourth-order valence-corrected chi connectivity index (χ4v) is 1.13. The summed E-state index contributed by atoms with van der Waals surface area (Å²) in [6.07, 6.45) is 6.27. The van der Waals surface area contributed by atoms with Crippen LogP contribution >= 0.6 is 0 Å². The van der Waals surface area contributed by atoms with Crippen molar-refractivity contribution >= 4 is 0 Å². The molecule has 0 aromatic rings. The van der Waals surface area contributed by atoms with Gasteiger partial charge in [-0.05, 0) is 45.3 Å². The van der Waals surface area contributed by atoms with Crippen molar-refractivity contribution < 1.29 is 0 Å². The lowest BCUT2D eigenvalue weighted by molar-refractivity contribution is 0.771. The van der Waals surface area contributed by atoms with E-state index in [-0.39, 0.29) is 0 Å². The quantitative estimate of drug-likeness (QED) is 0.484. The number of hydrogen-bond donors (Lipinski definition) is 3. The predicted octanol–water partition coefficient (Wildman–Crippen LogP) is 0.349. The van der Waals surface area contributed by atoms with E-state index >= 15 is 0 Å². The Hall–Kier alpha value is -0.380. The molecule has 0 fully saturated rings. The highest BCUT2D eigenvalue weighted by Crippen LogP contribution is 2.08. The fraction of sp³-hybridized carbons (Fsp3) is 0.778. The SMILES string of the molecule is NCC/C=C(\CCN)CCCN. The van der Waals surface area contributed by atoms with Crippen LogP contribution in [-0.2, 0) is 0 Å². The average molecular weight is 171 g/mol. The van der Waals surface area contributed by atoms with Crippen LogP contribution in [0.3, 0.4) is 0 Å². The molecule has 0 saturated heterocycles. The lowest BCUT2D eigenvalue weighted by atomic mass is 10.1. The zero-order valence-electron chi connectivity index (χ0n) is 7.76. The third-order valence-electron chi connectivity index (χ3n) is 1.77. The Bertz CT molecular complexity index is 121. The second-order valence-electron chi connectivity index (χ2n) is 2.87. The molecule has 0 aliphatic heterocycles. The van der Waals surface area contributed by atoms with E-state index in [1.807, 2.05) is 0 Å². The molecule has 0 amide bonds. The topological polar surface area (TPSA) is 78.1 Å². The van der Waals surface area contributed by atoms with E-state index in [0.29, 0.717) is 0 Å². The van der Waals surface area contributed by atoms with Crippen LogP contribution in [0.25, 0.3) is 0 Å². The molecule has 0 aromatic carbocycles. The Labute approximate surface area is 75.0 Å². The molecule has 3 heteroatoms. The van der Waals surface area contributed by atoms with Crippen molar-refractivity contribution in [2.24, 2.45) is 17.2 Å². The second kappa shape index (κ2) is 8.71. The molecule has 0 aromatic heterocycles. The summed E-state index contributed by atoms with van der Waals surface area (Å²) in [5.41, 5.74) is 17.7. The first-order chi connectivity index (χ1) is 5.85. The van der Waals surface area contributed by atoms with Crippen molar-refractivity contribution in [1.29, 1.82) is 0 Å². The Morgan fingerprint density at radius 2 is 1.67 bits per heavy atom. The summed E-state index contributed by atoms with van der Waals surface area (Å²) in [7, 11) is 0. The van der Waals surface area contributed by atoms with Gasteiger partial charge in [-0.1, -0.05) is 11.6 Å². The minimum atomic E-state index is 0.719. The van der Waals surface area contributed by atoms with Gasteiger partial charge in [0.25, 0.3) is 0 Å². The van der Waals surface area contributed by atoms with E-state index in [2.05, 4.69) is 6.08 Å². The van der Waals surface area contributed by atoms with Crippen molar-refractivity contribution in [3.63, 3.8) is 0 Å². The molecule has 6 N–H and O–H groups in total. The summed E-state index contributed by atoms with van der Waals surface area (Å²) in [4.78, 5) is 0. The van der Waals surface area contributed by atoms with E-state index in [4.69, 9.17) is 17.2 Å². The number of hydrogen-bond acceptors (Lipinski definition) is 3. The Balaban J connectivity index is 3.68. The lowest BCUT2D eigenvalue weighted by Crippen LogP contribution is -2.04. The van der Waals surface area contributed by atoms with E-state index in [9.17, 15) is 0 Å². The van der Waals surface area contributed by atoms with E-state index < -0.39 is 0 Å². The zero-order valence-corrected chi connectivity index (χ0v) is 7.76. The van der Waals surface area contributed by atoms with Gasteiger partial charge in [-0.15, -0.1) is 0 Å². The molecule has 3 nitrogen and oxygen atoms in total. The van der Waals surface area contributed by atoms with Crippen LogP contribution in [0.4, 0.5) is 0 Å². The maximum absolute atomic E-state index is 5.47. The molecule has 0 unspecified atom stereocenters. The normalized spacial score (nSPS) is 12.1. The molecule has 0 heterocycles. The minimum Gasteiger partial charge on any atom is -0.330 e. The number of nitrogens with two attached hydrogens (primary N) is 3. The third kappa shape index (κ3) is 6.34. The van der Waals surface area contributed by atoms with Gasteiger partial charge >= 0.3 is 0 Å². The molecule has 0 aliphatic rings. The molecule has 0 aliphatic carbocycles. The van der Waals surface area contributed by atoms with Gasteiger partial charge in [0.2, 0.25) is 0 Å². The van der Waals surface area contributed by atoms with Crippen molar-refractivity contribution in [1.82, 2.24) is 0 Å². The van der Waals surface area contributed by atoms with Gasteiger partial charge in [-0.2, -0.15) is 0 Å². The van der Waals surface area contributed by atoms with Crippen LogP contribution in [0.1, 0.15) is 25.7 Å². The van der Waals surface area contributed by atoms with Crippen LogP contribution in [-0.4, -0.2) is 19.6 Å². The van der Waals surface area contributed by atoms with Crippen LogP contribution in [0.15, 0.2) is 11.6 Å². The van der Waals surface area contributed by atoms with Gasteiger partial charge in [0.05, 0.1) is 0 Å². The molecule has 0 atom stereocenters. The minimum absolute atomic E-state index is 0.719. The van der Waals surface area contributed by atoms with Crippen LogP contribution in [0.2, 0.25) is 0 Å². The van der Waals surface area contributed by atoms with Crippen molar-refractivity contribution in [3.8, 4) is 0 Å². The molecular weight excluding hydrogens is 150 g/mol. The molecule has 0 saturated carbocycles. The van der Waals surface area contributed by atoms with Crippen molar-refractivity contribution in [2.75, 3.05) is 19.6 Å². The summed E-state index contributed by atoms with van der Waals surface area (Å²) in [5, 5.41) is 0. The maximum atomic E-state index is 5.47. The maximum Gasteiger partial charge on any atom is -0.00399 e. The first kappa shape index (κ1) is 11.6. The Morgan fingerprint density at radius 1 is 0.917 bits per heavy atom. The van der Waals surface area contributed by atoms with E-state index in [1.165, 1.54) is 5.57 Å². The lowest BCUT2D eigenvalue weighted by Gasteiger charge is -2.04. The van der Waals surface area contributed by atoms with E-state index in [1.54, 1.807) is 0 Å². The highest BCUT2D eigenvalue weighted by molar-refractivity contribution is 5.02. The van der Waals surface area contributed by atoms with Gasteiger partial charge < -0.3 is 17.2 Å².